The van der Waals surface area contributed by atoms with Crippen molar-refractivity contribution >= 4 is 35.0 Å². The Labute approximate surface area is 130 Å². The first kappa shape index (κ1) is 16.8. The van der Waals surface area contributed by atoms with E-state index in [2.05, 4.69) is 16.2 Å². The SMILES string of the molecule is CSCc1cccc(C(=O)NNC(=S)NC(C)(C)C)c1. The van der Waals surface area contributed by atoms with Crippen molar-refractivity contribution in [3.05, 3.63) is 35.4 Å². The van der Waals surface area contributed by atoms with E-state index >= 15 is 0 Å². The van der Waals surface area contributed by atoms with Crippen LogP contribution in [0.15, 0.2) is 24.3 Å². The van der Waals surface area contributed by atoms with Crippen LogP contribution in [0.3, 0.4) is 0 Å². The topological polar surface area (TPSA) is 53.2 Å². The zero-order valence-electron chi connectivity index (χ0n) is 12.2. The van der Waals surface area contributed by atoms with Crippen molar-refractivity contribution in [3.63, 3.8) is 0 Å². The van der Waals surface area contributed by atoms with E-state index < -0.39 is 0 Å². The van der Waals surface area contributed by atoms with Gasteiger partial charge in [0.25, 0.3) is 5.91 Å². The number of thiocarbonyl (C=S) groups is 1. The summed E-state index contributed by atoms with van der Waals surface area (Å²) < 4.78 is 0. The number of carbonyl (C=O) groups is 1. The van der Waals surface area contributed by atoms with Crippen molar-refractivity contribution < 1.29 is 4.79 Å². The van der Waals surface area contributed by atoms with Crippen LogP contribution in [0.5, 0.6) is 0 Å². The first-order valence-corrected chi connectivity index (χ1v) is 8.08. The smallest absolute Gasteiger partial charge is 0.269 e. The van der Waals surface area contributed by atoms with Gasteiger partial charge in [-0.2, -0.15) is 11.8 Å². The predicted octanol–water partition coefficient (Wildman–Crippen LogP) is 2.46. The lowest BCUT2D eigenvalue weighted by atomic mass is 10.1. The lowest BCUT2D eigenvalue weighted by Gasteiger charge is -2.23. The summed E-state index contributed by atoms with van der Waals surface area (Å²) in [6, 6.07) is 7.55. The molecule has 3 N–H and O–H groups in total. The van der Waals surface area contributed by atoms with Crippen LogP contribution >= 0.6 is 24.0 Å². The van der Waals surface area contributed by atoms with E-state index in [9.17, 15) is 4.79 Å². The highest BCUT2D eigenvalue weighted by molar-refractivity contribution is 7.97. The van der Waals surface area contributed by atoms with Crippen molar-refractivity contribution in [3.8, 4) is 0 Å². The van der Waals surface area contributed by atoms with Crippen molar-refractivity contribution in [2.75, 3.05) is 6.26 Å². The van der Waals surface area contributed by atoms with E-state index in [0.717, 1.165) is 11.3 Å². The zero-order chi connectivity index (χ0) is 15.2. The van der Waals surface area contributed by atoms with E-state index in [1.54, 1.807) is 17.8 Å². The first-order chi connectivity index (χ1) is 9.31. The minimum absolute atomic E-state index is 0.146. The Hall–Kier alpha value is -1.27. The second-order valence-corrected chi connectivity index (χ2v) is 6.69. The number of carbonyl (C=O) groups excluding carboxylic acids is 1. The number of thioether (sulfide) groups is 1. The van der Waals surface area contributed by atoms with Crippen molar-refractivity contribution in [1.29, 1.82) is 0 Å². The van der Waals surface area contributed by atoms with Gasteiger partial charge in [0.2, 0.25) is 0 Å². The van der Waals surface area contributed by atoms with Gasteiger partial charge >= 0.3 is 0 Å². The molecule has 0 atom stereocenters. The number of nitrogens with one attached hydrogen (secondary N) is 3. The Morgan fingerprint density at radius 3 is 2.60 bits per heavy atom. The van der Waals surface area contributed by atoms with Crippen LogP contribution in [0.4, 0.5) is 0 Å². The van der Waals surface area contributed by atoms with Crippen LogP contribution in [0, 0.1) is 0 Å². The fourth-order valence-electron chi connectivity index (χ4n) is 1.53. The monoisotopic (exact) mass is 311 g/mol. The fourth-order valence-corrected chi connectivity index (χ4v) is 2.40. The van der Waals surface area contributed by atoms with Crippen molar-refractivity contribution in [2.24, 2.45) is 0 Å². The van der Waals surface area contributed by atoms with Gasteiger partial charge in [0.15, 0.2) is 5.11 Å². The molecule has 0 aromatic heterocycles. The number of hydrogen-bond acceptors (Lipinski definition) is 3. The summed E-state index contributed by atoms with van der Waals surface area (Å²) in [6.07, 6.45) is 2.03. The molecular weight excluding hydrogens is 290 g/mol. The normalized spacial score (nSPS) is 10.8. The van der Waals surface area contributed by atoms with E-state index in [4.69, 9.17) is 12.2 Å². The molecule has 4 nitrogen and oxygen atoms in total. The Morgan fingerprint density at radius 2 is 2.00 bits per heavy atom. The maximum Gasteiger partial charge on any atom is 0.269 e. The molecule has 0 saturated carbocycles. The first-order valence-electron chi connectivity index (χ1n) is 6.28. The van der Waals surface area contributed by atoms with Gasteiger partial charge in [-0.05, 0) is 56.9 Å². The average Bonchev–Trinajstić information content (AvgIpc) is 2.34. The summed E-state index contributed by atoms with van der Waals surface area (Å²) in [7, 11) is 0. The molecule has 0 spiro atoms. The second kappa shape index (κ2) is 7.50. The highest BCUT2D eigenvalue weighted by atomic mass is 32.2. The number of rotatable bonds is 3. The summed E-state index contributed by atoms with van der Waals surface area (Å²) in [5.41, 5.74) is 6.89. The lowest BCUT2D eigenvalue weighted by Crippen LogP contribution is -2.52. The largest absolute Gasteiger partial charge is 0.357 e. The number of hydrazine groups is 1. The molecule has 1 aromatic rings. The van der Waals surface area contributed by atoms with Gasteiger partial charge in [0.05, 0.1) is 0 Å². The molecule has 0 fully saturated rings. The molecule has 1 amide bonds. The quantitative estimate of drug-likeness (QED) is 0.591. The van der Waals surface area contributed by atoms with Crippen LogP contribution in [0.1, 0.15) is 36.7 Å². The van der Waals surface area contributed by atoms with Crippen LogP contribution in [0.2, 0.25) is 0 Å². The number of hydrogen-bond donors (Lipinski definition) is 3. The van der Waals surface area contributed by atoms with Crippen LogP contribution < -0.4 is 16.2 Å². The fraction of sp³-hybridized carbons (Fsp3) is 0.429. The molecule has 0 saturated heterocycles. The number of amides is 1. The third kappa shape index (κ3) is 6.25. The van der Waals surface area contributed by atoms with Gasteiger partial charge in [-0.25, -0.2) is 0 Å². The van der Waals surface area contributed by atoms with Crippen molar-refractivity contribution in [1.82, 2.24) is 16.2 Å². The molecule has 0 bridgehead atoms. The predicted molar refractivity (Wildman–Crippen MR) is 89.7 cm³/mol. The van der Waals surface area contributed by atoms with Crippen LogP contribution in [-0.2, 0) is 5.75 Å². The molecule has 110 valence electrons. The van der Waals surface area contributed by atoms with Crippen LogP contribution in [0.25, 0.3) is 0 Å². The molecular formula is C14H21N3OS2. The highest BCUT2D eigenvalue weighted by Crippen LogP contribution is 2.11. The Bertz CT molecular complexity index is 484. The van der Waals surface area contributed by atoms with Gasteiger partial charge in [-0.3, -0.25) is 15.6 Å². The van der Waals surface area contributed by atoms with Gasteiger partial charge in [-0.1, -0.05) is 12.1 Å². The Morgan fingerprint density at radius 1 is 1.30 bits per heavy atom. The lowest BCUT2D eigenvalue weighted by molar-refractivity contribution is 0.0943. The summed E-state index contributed by atoms with van der Waals surface area (Å²) in [6.45, 7) is 5.98. The summed E-state index contributed by atoms with van der Waals surface area (Å²) in [5.74, 6) is 0.685. The van der Waals surface area contributed by atoms with Crippen LogP contribution in [-0.4, -0.2) is 22.8 Å². The Balaban J connectivity index is 2.54. The minimum atomic E-state index is -0.203. The standard InChI is InChI=1S/C14H21N3OS2/c1-14(2,3)15-13(19)17-16-12(18)11-7-5-6-10(8-11)9-20-4/h5-8H,9H2,1-4H3,(H,16,18)(H2,15,17,19). The molecule has 0 heterocycles. The third-order valence-electron chi connectivity index (χ3n) is 2.28. The van der Waals surface area contributed by atoms with Gasteiger partial charge in [-0.15, -0.1) is 0 Å². The van der Waals surface area contributed by atoms with E-state index in [0.29, 0.717) is 10.7 Å². The summed E-state index contributed by atoms with van der Waals surface area (Å²) in [4.78, 5) is 12.0. The molecule has 0 unspecified atom stereocenters. The molecule has 1 aromatic carbocycles. The van der Waals surface area contributed by atoms with Gasteiger partial charge < -0.3 is 5.32 Å². The molecule has 6 heteroatoms. The van der Waals surface area contributed by atoms with E-state index in [-0.39, 0.29) is 11.4 Å². The highest BCUT2D eigenvalue weighted by Gasteiger charge is 2.12. The molecule has 0 aliphatic rings. The van der Waals surface area contributed by atoms with E-state index in [1.165, 1.54) is 0 Å². The molecule has 0 aliphatic heterocycles. The van der Waals surface area contributed by atoms with Crippen molar-refractivity contribution in [2.45, 2.75) is 32.1 Å². The average molecular weight is 311 g/mol. The Kier molecular flexibility index (Phi) is 6.29. The maximum absolute atomic E-state index is 12.0. The minimum Gasteiger partial charge on any atom is -0.357 e. The molecule has 0 aliphatic carbocycles. The molecule has 0 radical (unpaired) electrons. The maximum atomic E-state index is 12.0. The second-order valence-electron chi connectivity index (χ2n) is 5.42. The summed E-state index contributed by atoms with van der Waals surface area (Å²) >= 11 is 6.82. The zero-order valence-corrected chi connectivity index (χ0v) is 13.9. The molecule has 1 rings (SSSR count). The third-order valence-corrected chi connectivity index (χ3v) is 3.10. The van der Waals surface area contributed by atoms with E-state index in [1.807, 2.05) is 45.2 Å². The van der Waals surface area contributed by atoms with Gasteiger partial charge in [0.1, 0.15) is 0 Å². The molecule has 20 heavy (non-hydrogen) atoms. The van der Waals surface area contributed by atoms with Gasteiger partial charge in [0, 0.05) is 16.9 Å². The number of benzene rings is 1. The summed E-state index contributed by atoms with van der Waals surface area (Å²) in [5, 5.41) is 3.45.